The Labute approximate surface area is 210 Å². The van der Waals surface area contributed by atoms with Gasteiger partial charge in [-0.05, 0) is 42.5 Å². The molecule has 37 heavy (non-hydrogen) atoms. The SMILES string of the molecule is CC(C)C(=O)Nc1cncc(-c2cc3c(-c4nc5c(-c6ccc(F)cc6)nccc5[nH]4)n[nH]c3cn2)c1. The molecule has 0 aliphatic rings. The highest BCUT2D eigenvalue weighted by Crippen LogP contribution is 2.32. The van der Waals surface area contributed by atoms with Crippen LogP contribution in [0.2, 0.25) is 0 Å². The number of nitrogens with one attached hydrogen (secondary N) is 3. The van der Waals surface area contributed by atoms with Gasteiger partial charge in [-0.15, -0.1) is 0 Å². The second kappa shape index (κ2) is 8.90. The van der Waals surface area contributed by atoms with Crippen molar-refractivity contribution in [1.29, 1.82) is 0 Å². The summed E-state index contributed by atoms with van der Waals surface area (Å²) in [5.41, 5.74) is 6.25. The number of halogens is 1. The third kappa shape index (κ3) is 4.18. The van der Waals surface area contributed by atoms with E-state index in [9.17, 15) is 9.18 Å². The van der Waals surface area contributed by atoms with Gasteiger partial charge in [0.2, 0.25) is 5.91 Å². The molecule has 3 N–H and O–H groups in total. The number of fused-ring (bicyclic) bond motifs is 2. The maximum absolute atomic E-state index is 13.4. The number of rotatable bonds is 5. The van der Waals surface area contributed by atoms with Crippen LogP contribution in [0.3, 0.4) is 0 Å². The van der Waals surface area contributed by atoms with Crippen molar-refractivity contribution >= 4 is 33.5 Å². The van der Waals surface area contributed by atoms with Gasteiger partial charge < -0.3 is 10.3 Å². The van der Waals surface area contributed by atoms with Crippen LogP contribution in [-0.4, -0.2) is 41.0 Å². The monoisotopic (exact) mass is 492 g/mol. The molecule has 5 heterocycles. The van der Waals surface area contributed by atoms with E-state index in [1.807, 2.05) is 32.0 Å². The minimum Gasteiger partial charge on any atom is -0.336 e. The molecule has 10 heteroatoms. The molecule has 0 saturated carbocycles. The maximum atomic E-state index is 13.4. The number of carbonyl (C=O) groups excluding carboxylic acids is 1. The first kappa shape index (κ1) is 22.5. The number of nitrogens with zero attached hydrogens (tertiary/aromatic N) is 5. The number of amides is 1. The minimum absolute atomic E-state index is 0.0844. The van der Waals surface area contributed by atoms with Crippen LogP contribution < -0.4 is 5.32 Å². The van der Waals surface area contributed by atoms with E-state index in [0.29, 0.717) is 34.1 Å². The van der Waals surface area contributed by atoms with Crippen molar-refractivity contribution in [1.82, 2.24) is 35.1 Å². The second-order valence-electron chi connectivity index (χ2n) is 8.94. The lowest BCUT2D eigenvalue weighted by atomic mass is 10.1. The van der Waals surface area contributed by atoms with Crippen molar-refractivity contribution in [3.8, 4) is 34.0 Å². The molecular formula is C27H21FN8O. The summed E-state index contributed by atoms with van der Waals surface area (Å²) in [6.45, 7) is 3.67. The highest BCUT2D eigenvalue weighted by molar-refractivity contribution is 5.97. The van der Waals surface area contributed by atoms with Crippen LogP contribution in [0, 0.1) is 11.7 Å². The summed E-state index contributed by atoms with van der Waals surface area (Å²) in [5.74, 6) is 0.0213. The van der Waals surface area contributed by atoms with Gasteiger partial charge in [-0.2, -0.15) is 5.10 Å². The fourth-order valence-electron chi connectivity index (χ4n) is 4.06. The summed E-state index contributed by atoms with van der Waals surface area (Å²) < 4.78 is 13.4. The Hall–Kier alpha value is -4.99. The Morgan fingerprint density at radius 2 is 1.78 bits per heavy atom. The highest BCUT2D eigenvalue weighted by Gasteiger charge is 2.17. The van der Waals surface area contributed by atoms with Crippen molar-refractivity contribution in [2.45, 2.75) is 13.8 Å². The topological polar surface area (TPSA) is 125 Å². The Kier molecular flexibility index (Phi) is 5.41. The van der Waals surface area contributed by atoms with Gasteiger partial charge in [0.15, 0.2) is 5.82 Å². The van der Waals surface area contributed by atoms with Gasteiger partial charge in [-0.25, -0.2) is 9.37 Å². The molecule has 0 aliphatic heterocycles. The molecule has 0 saturated heterocycles. The molecule has 0 spiro atoms. The molecule has 0 fully saturated rings. The van der Waals surface area contributed by atoms with Crippen LogP contribution in [0.4, 0.5) is 10.1 Å². The third-order valence-electron chi connectivity index (χ3n) is 6.02. The Morgan fingerprint density at radius 1 is 0.946 bits per heavy atom. The molecule has 0 unspecified atom stereocenters. The number of aromatic nitrogens is 7. The summed E-state index contributed by atoms with van der Waals surface area (Å²) in [7, 11) is 0. The van der Waals surface area contributed by atoms with Gasteiger partial charge in [0.25, 0.3) is 0 Å². The molecule has 5 aromatic heterocycles. The van der Waals surface area contributed by atoms with Crippen LogP contribution in [0.5, 0.6) is 0 Å². The van der Waals surface area contributed by atoms with E-state index >= 15 is 0 Å². The second-order valence-corrected chi connectivity index (χ2v) is 8.94. The standard InChI is InChI=1S/C27H21FN8O/c1-14(2)27(37)32-18-9-16(11-29-12-18)21-10-19-22(13-31-21)35-36-24(19)26-33-20-7-8-30-23(25(20)34-26)15-3-5-17(28)6-4-15/h3-14H,1-2H3,(H,32,37)(H,33,34)(H,35,36). The number of benzene rings is 1. The van der Waals surface area contributed by atoms with Crippen LogP contribution >= 0.6 is 0 Å². The minimum atomic E-state index is -0.311. The van der Waals surface area contributed by atoms with Crippen molar-refractivity contribution in [3.63, 3.8) is 0 Å². The Morgan fingerprint density at radius 3 is 2.59 bits per heavy atom. The van der Waals surface area contributed by atoms with E-state index in [1.54, 1.807) is 36.9 Å². The molecule has 0 atom stereocenters. The number of aromatic amines is 2. The van der Waals surface area contributed by atoms with Crippen LogP contribution in [0.15, 0.2) is 67.3 Å². The van der Waals surface area contributed by atoms with Gasteiger partial charge in [0.1, 0.15) is 17.0 Å². The van der Waals surface area contributed by atoms with E-state index in [0.717, 1.165) is 27.5 Å². The molecule has 0 radical (unpaired) electrons. The summed E-state index contributed by atoms with van der Waals surface area (Å²) in [5, 5.41) is 11.2. The summed E-state index contributed by atoms with van der Waals surface area (Å²) in [6, 6.07) is 11.7. The van der Waals surface area contributed by atoms with Crippen LogP contribution in [0.25, 0.3) is 56.0 Å². The normalized spacial score (nSPS) is 11.5. The van der Waals surface area contributed by atoms with E-state index in [-0.39, 0.29) is 17.6 Å². The lowest BCUT2D eigenvalue weighted by molar-refractivity contribution is -0.118. The third-order valence-corrected chi connectivity index (χ3v) is 6.02. The number of H-pyrrole nitrogens is 2. The molecule has 9 nitrogen and oxygen atoms in total. The molecular weight excluding hydrogens is 471 g/mol. The van der Waals surface area contributed by atoms with Crippen molar-refractivity contribution in [2.24, 2.45) is 5.92 Å². The van der Waals surface area contributed by atoms with E-state index < -0.39 is 0 Å². The molecule has 1 amide bonds. The van der Waals surface area contributed by atoms with Crippen LogP contribution in [-0.2, 0) is 4.79 Å². The zero-order chi connectivity index (χ0) is 25.5. The number of anilines is 1. The van der Waals surface area contributed by atoms with Crippen molar-refractivity contribution in [3.05, 3.63) is 73.1 Å². The molecule has 0 aliphatic carbocycles. The summed E-state index contributed by atoms with van der Waals surface area (Å²) in [6.07, 6.45) is 6.69. The number of hydrogen-bond donors (Lipinski definition) is 3. The molecule has 0 bridgehead atoms. The van der Waals surface area contributed by atoms with Crippen molar-refractivity contribution in [2.75, 3.05) is 5.32 Å². The van der Waals surface area contributed by atoms with Gasteiger partial charge in [0, 0.05) is 34.8 Å². The zero-order valence-electron chi connectivity index (χ0n) is 20.0. The first-order valence-corrected chi connectivity index (χ1v) is 11.7. The average Bonchev–Trinajstić information content (AvgIpc) is 3.53. The quantitative estimate of drug-likeness (QED) is 0.298. The predicted octanol–water partition coefficient (Wildman–Crippen LogP) is 5.36. The summed E-state index contributed by atoms with van der Waals surface area (Å²) in [4.78, 5) is 33.5. The zero-order valence-corrected chi connectivity index (χ0v) is 20.0. The van der Waals surface area contributed by atoms with E-state index in [1.165, 1.54) is 12.1 Å². The van der Waals surface area contributed by atoms with Crippen LogP contribution in [0.1, 0.15) is 13.8 Å². The fourth-order valence-corrected chi connectivity index (χ4v) is 4.06. The smallest absolute Gasteiger partial charge is 0.226 e. The summed E-state index contributed by atoms with van der Waals surface area (Å²) >= 11 is 0. The largest absolute Gasteiger partial charge is 0.336 e. The number of carbonyl (C=O) groups is 1. The lowest BCUT2D eigenvalue weighted by Gasteiger charge is -2.08. The van der Waals surface area contributed by atoms with Gasteiger partial charge in [-0.1, -0.05) is 13.8 Å². The molecule has 182 valence electrons. The molecule has 6 aromatic rings. The molecule has 1 aromatic carbocycles. The van der Waals surface area contributed by atoms with Gasteiger partial charge in [-0.3, -0.25) is 24.8 Å². The number of pyridine rings is 3. The average molecular weight is 493 g/mol. The Bertz CT molecular complexity index is 1770. The predicted molar refractivity (Wildman–Crippen MR) is 139 cm³/mol. The van der Waals surface area contributed by atoms with E-state index in [4.69, 9.17) is 4.98 Å². The van der Waals surface area contributed by atoms with Crippen molar-refractivity contribution < 1.29 is 9.18 Å². The van der Waals surface area contributed by atoms with Gasteiger partial charge in [0.05, 0.1) is 40.5 Å². The first-order chi connectivity index (χ1) is 18.0. The molecule has 6 rings (SSSR count). The maximum Gasteiger partial charge on any atom is 0.226 e. The Balaban J connectivity index is 1.41. The lowest BCUT2D eigenvalue weighted by Crippen LogP contribution is -2.17. The highest BCUT2D eigenvalue weighted by atomic mass is 19.1. The first-order valence-electron chi connectivity index (χ1n) is 11.7. The van der Waals surface area contributed by atoms with E-state index in [2.05, 4.69) is 35.5 Å². The fraction of sp³-hybridized carbons (Fsp3) is 0.111. The number of imidazole rings is 1. The van der Waals surface area contributed by atoms with Gasteiger partial charge >= 0.3 is 0 Å². The number of hydrogen-bond acceptors (Lipinski definition) is 6.